The number of carbonyl (C=O) groups excluding carboxylic acids is 1. The standard InChI is InChI=1S/C18H24N6O2/c1-26-16-5-3-15(4-6-16)22-18(25)21-9-10-23-11-13-24(14-12-23)17-19-7-2-8-20-17/h2-8H,9-14H2,1H3,(H2,21,22,25). The molecular formula is C18H24N6O2. The van der Waals surface area contributed by atoms with Crippen molar-refractivity contribution in [1.82, 2.24) is 20.2 Å². The van der Waals surface area contributed by atoms with Gasteiger partial charge in [0.05, 0.1) is 7.11 Å². The van der Waals surface area contributed by atoms with E-state index in [1.165, 1.54) is 0 Å². The average molecular weight is 356 g/mol. The number of aromatic nitrogens is 2. The number of ether oxygens (including phenoxy) is 1. The zero-order chi connectivity index (χ0) is 18.2. The van der Waals surface area contributed by atoms with Crippen LogP contribution in [0.3, 0.4) is 0 Å². The van der Waals surface area contributed by atoms with Crippen LogP contribution in [0.2, 0.25) is 0 Å². The van der Waals surface area contributed by atoms with Gasteiger partial charge in [0.2, 0.25) is 5.95 Å². The Morgan fingerprint density at radius 1 is 1.12 bits per heavy atom. The molecule has 1 aliphatic heterocycles. The molecule has 26 heavy (non-hydrogen) atoms. The number of amides is 2. The highest BCUT2D eigenvalue weighted by molar-refractivity contribution is 5.89. The van der Waals surface area contributed by atoms with Crippen LogP contribution >= 0.6 is 0 Å². The number of carbonyl (C=O) groups is 1. The molecule has 2 N–H and O–H groups in total. The molecule has 0 bridgehead atoms. The molecule has 0 spiro atoms. The fourth-order valence-corrected chi connectivity index (χ4v) is 2.80. The summed E-state index contributed by atoms with van der Waals surface area (Å²) in [6.07, 6.45) is 3.53. The first-order chi connectivity index (χ1) is 12.7. The van der Waals surface area contributed by atoms with Crippen molar-refractivity contribution < 1.29 is 9.53 Å². The molecule has 0 saturated carbocycles. The van der Waals surface area contributed by atoms with Gasteiger partial charge in [-0.15, -0.1) is 0 Å². The minimum atomic E-state index is -0.202. The van der Waals surface area contributed by atoms with E-state index in [0.29, 0.717) is 6.54 Å². The summed E-state index contributed by atoms with van der Waals surface area (Å²) in [6, 6.07) is 8.86. The van der Waals surface area contributed by atoms with Crippen LogP contribution in [0.25, 0.3) is 0 Å². The molecule has 3 rings (SSSR count). The number of nitrogens with zero attached hydrogens (tertiary/aromatic N) is 4. The van der Waals surface area contributed by atoms with E-state index in [1.807, 2.05) is 30.3 Å². The summed E-state index contributed by atoms with van der Waals surface area (Å²) < 4.78 is 5.10. The number of benzene rings is 1. The quantitative estimate of drug-likeness (QED) is 0.815. The highest BCUT2D eigenvalue weighted by Gasteiger charge is 2.18. The van der Waals surface area contributed by atoms with Gasteiger partial charge in [-0.1, -0.05) is 0 Å². The predicted molar refractivity (Wildman–Crippen MR) is 101 cm³/mol. The molecular weight excluding hydrogens is 332 g/mol. The second kappa shape index (κ2) is 9.00. The molecule has 1 aromatic heterocycles. The molecule has 0 radical (unpaired) electrons. The predicted octanol–water partition coefficient (Wildman–Crippen LogP) is 1.43. The normalized spacial score (nSPS) is 14.7. The number of methoxy groups -OCH3 is 1. The molecule has 0 aliphatic carbocycles. The molecule has 2 heterocycles. The van der Waals surface area contributed by atoms with Gasteiger partial charge in [0.1, 0.15) is 5.75 Å². The Balaban J connectivity index is 1.34. The molecule has 1 saturated heterocycles. The Kier molecular flexibility index (Phi) is 6.21. The van der Waals surface area contributed by atoms with E-state index in [0.717, 1.165) is 50.1 Å². The Morgan fingerprint density at radius 2 is 1.81 bits per heavy atom. The van der Waals surface area contributed by atoms with Gasteiger partial charge < -0.3 is 20.3 Å². The molecule has 1 aromatic carbocycles. The van der Waals surface area contributed by atoms with Gasteiger partial charge >= 0.3 is 6.03 Å². The molecule has 2 amide bonds. The van der Waals surface area contributed by atoms with Crippen molar-refractivity contribution in [2.75, 3.05) is 56.6 Å². The first-order valence-electron chi connectivity index (χ1n) is 8.68. The summed E-state index contributed by atoms with van der Waals surface area (Å²) in [5.41, 5.74) is 0.736. The first-order valence-corrected chi connectivity index (χ1v) is 8.68. The molecule has 0 atom stereocenters. The first kappa shape index (κ1) is 17.9. The van der Waals surface area contributed by atoms with Gasteiger partial charge in [-0.05, 0) is 30.3 Å². The van der Waals surface area contributed by atoms with Crippen molar-refractivity contribution in [2.24, 2.45) is 0 Å². The van der Waals surface area contributed by atoms with Crippen molar-refractivity contribution in [3.05, 3.63) is 42.7 Å². The van der Waals surface area contributed by atoms with Gasteiger partial charge in [0.25, 0.3) is 0 Å². The van der Waals surface area contributed by atoms with E-state index in [4.69, 9.17) is 4.74 Å². The van der Waals surface area contributed by atoms with Crippen LogP contribution in [-0.2, 0) is 0 Å². The SMILES string of the molecule is COc1ccc(NC(=O)NCCN2CCN(c3ncccn3)CC2)cc1. The molecule has 2 aromatic rings. The van der Waals surface area contributed by atoms with E-state index in [2.05, 4.69) is 30.4 Å². The third kappa shape index (κ3) is 5.06. The second-order valence-corrected chi connectivity index (χ2v) is 5.99. The number of hydrogen-bond donors (Lipinski definition) is 2. The topological polar surface area (TPSA) is 82.6 Å². The van der Waals surface area contributed by atoms with Gasteiger partial charge in [-0.2, -0.15) is 0 Å². The number of urea groups is 1. The maximum atomic E-state index is 11.9. The van der Waals surface area contributed by atoms with Crippen LogP contribution in [0.15, 0.2) is 42.7 Å². The van der Waals surface area contributed by atoms with Gasteiger partial charge in [-0.3, -0.25) is 4.90 Å². The minimum Gasteiger partial charge on any atom is -0.497 e. The zero-order valence-electron chi connectivity index (χ0n) is 14.9. The van der Waals surface area contributed by atoms with Crippen molar-refractivity contribution in [3.63, 3.8) is 0 Å². The number of piperazine rings is 1. The monoisotopic (exact) mass is 356 g/mol. The summed E-state index contributed by atoms with van der Waals surface area (Å²) in [7, 11) is 1.61. The lowest BCUT2D eigenvalue weighted by atomic mass is 10.3. The van der Waals surface area contributed by atoms with Crippen molar-refractivity contribution >= 4 is 17.7 Å². The number of nitrogens with one attached hydrogen (secondary N) is 2. The second-order valence-electron chi connectivity index (χ2n) is 5.99. The number of rotatable bonds is 6. The highest BCUT2D eigenvalue weighted by Crippen LogP contribution is 2.14. The Labute approximate surface area is 153 Å². The van der Waals surface area contributed by atoms with Crippen LogP contribution in [-0.4, -0.2) is 67.3 Å². The highest BCUT2D eigenvalue weighted by atomic mass is 16.5. The van der Waals surface area contributed by atoms with Gasteiger partial charge in [-0.25, -0.2) is 14.8 Å². The number of hydrogen-bond acceptors (Lipinski definition) is 6. The van der Waals surface area contributed by atoms with E-state index in [1.54, 1.807) is 19.5 Å². The minimum absolute atomic E-state index is 0.202. The molecule has 1 fully saturated rings. The van der Waals surface area contributed by atoms with Crippen LogP contribution in [0.1, 0.15) is 0 Å². The fourth-order valence-electron chi connectivity index (χ4n) is 2.80. The fraction of sp³-hybridized carbons (Fsp3) is 0.389. The van der Waals surface area contributed by atoms with Gasteiger partial charge in [0.15, 0.2) is 0 Å². The Hall–Kier alpha value is -2.87. The summed E-state index contributed by atoms with van der Waals surface area (Å²) >= 11 is 0. The molecule has 8 heteroatoms. The van der Waals surface area contributed by atoms with Crippen LogP contribution in [0, 0.1) is 0 Å². The summed E-state index contributed by atoms with van der Waals surface area (Å²) in [6.45, 7) is 5.06. The van der Waals surface area contributed by atoms with Gasteiger partial charge in [0, 0.05) is 57.3 Å². The summed E-state index contributed by atoms with van der Waals surface area (Å²) in [5, 5.41) is 5.70. The number of anilines is 2. The van der Waals surface area contributed by atoms with E-state index >= 15 is 0 Å². The van der Waals surface area contributed by atoms with Crippen molar-refractivity contribution in [3.8, 4) is 5.75 Å². The maximum absolute atomic E-state index is 11.9. The zero-order valence-corrected chi connectivity index (χ0v) is 14.9. The molecule has 8 nitrogen and oxygen atoms in total. The Bertz CT molecular complexity index is 687. The lowest BCUT2D eigenvalue weighted by Crippen LogP contribution is -2.49. The summed E-state index contributed by atoms with van der Waals surface area (Å²) in [4.78, 5) is 25.0. The molecule has 1 aliphatic rings. The van der Waals surface area contributed by atoms with Crippen LogP contribution in [0.4, 0.5) is 16.4 Å². The van der Waals surface area contributed by atoms with Crippen molar-refractivity contribution in [2.45, 2.75) is 0 Å². The smallest absolute Gasteiger partial charge is 0.319 e. The van der Waals surface area contributed by atoms with Crippen LogP contribution in [0.5, 0.6) is 5.75 Å². The average Bonchev–Trinajstić information content (AvgIpc) is 2.70. The van der Waals surface area contributed by atoms with Crippen LogP contribution < -0.4 is 20.3 Å². The van der Waals surface area contributed by atoms with E-state index < -0.39 is 0 Å². The van der Waals surface area contributed by atoms with E-state index in [-0.39, 0.29) is 6.03 Å². The summed E-state index contributed by atoms with van der Waals surface area (Å²) in [5.74, 6) is 1.54. The third-order valence-corrected chi connectivity index (χ3v) is 4.27. The molecule has 138 valence electrons. The van der Waals surface area contributed by atoms with Crippen molar-refractivity contribution in [1.29, 1.82) is 0 Å². The lowest BCUT2D eigenvalue weighted by Gasteiger charge is -2.34. The lowest BCUT2D eigenvalue weighted by molar-refractivity contribution is 0.240. The maximum Gasteiger partial charge on any atom is 0.319 e. The molecule has 0 unspecified atom stereocenters. The largest absolute Gasteiger partial charge is 0.497 e. The Morgan fingerprint density at radius 3 is 2.46 bits per heavy atom. The van der Waals surface area contributed by atoms with E-state index in [9.17, 15) is 4.79 Å². The third-order valence-electron chi connectivity index (χ3n) is 4.27.